The molecule has 0 radical (unpaired) electrons. The lowest BCUT2D eigenvalue weighted by atomic mass is 11.0. The SMILES string of the molecule is CCPCC.O. The summed E-state index contributed by atoms with van der Waals surface area (Å²) in [6.45, 7) is 4.45. The second-order valence-electron chi connectivity index (χ2n) is 0.957. The largest absolute Gasteiger partial charge is 0.412 e. The zero-order chi connectivity index (χ0) is 4.12. The lowest BCUT2D eigenvalue weighted by Crippen LogP contribution is -1.59. The van der Waals surface area contributed by atoms with E-state index in [-0.39, 0.29) is 5.48 Å². The highest BCUT2D eigenvalue weighted by Crippen LogP contribution is 2.03. The molecule has 0 aliphatic heterocycles. The van der Waals surface area contributed by atoms with Crippen LogP contribution in [0.25, 0.3) is 0 Å². The average Bonchev–Trinajstić information content (AvgIpc) is 1.41. The first-order chi connectivity index (χ1) is 2.41. The van der Waals surface area contributed by atoms with Gasteiger partial charge in [-0.05, 0) is 12.3 Å². The summed E-state index contributed by atoms with van der Waals surface area (Å²) in [5, 5.41) is 0. The van der Waals surface area contributed by atoms with E-state index < -0.39 is 0 Å². The van der Waals surface area contributed by atoms with Crippen LogP contribution >= 0.6 is 8.58 Å². The van der Waals surface area contributed by atoms with Gasteiger partial charge in [0.1, 0.15) is 0 Å². The lowest BCUT2D eigenvalue weighted by molar-refractivity contribution is 0.824. The Morgan fingerprint density at radius 2 is 1.50 bits per heavy atom. The van der Waals surface area contributed by atoms with Crippen LogP contribution in [0.4, 0.5) is 0 Å². The molecule has 2 N–H and O–H groups in total. The van der Waals surface area contributed by atoms with Crippen LogP contribution in [0.3, 0.4) is 0 Å². The van der Waals surface area contributed by atoms with E-state index in [0.29, 0.717) is 0 Å². The lowest BCUT2D eigenvalue weighted by Gasteiger charge is -1.80. The fourth-order valence-electron chi connectivity index (χ4n) is 0.250. The van der Waals surface area contributed by atoms with E-state index >= 15 is 0 Å². The highest BCUT2D eigenvalue weighted by atomic mass is 31.1. The molecule has 0 bridgehead atoms. The Labute approximate surface area is 41.2 Å². The van der Waals surface area contributed by atoms with Gasteiger partial charge in [0.05, 0.1) is 0 Å². The number of rotatable bonds is 2. The Hall–Kier alpha value is 0.390. The fourth-order valence-corrected chi connectivity index (χ4v) is 0.750. The highest BCUT2D eigenvalue weighted by Gasteiger charge is 1.66. The Morgan fingerprint density at radius 3 is 1.50 bits per heavy atom. The summed E-state index contributed by atoms with van der Waals surface area (Å²) in [5.41, 5.74) is 0. The first kappa shape index (κ1) is 9.63. The van der Waals surface area contributed by atoms with Gasteiger partial charge in [-0.2, -0.15) is 0 Å². The number of hydrogen-bond acceptors (Lipinski definition) is 0. The van der Waals surface area contributed by atoms with Gasteiger partial charge in [0.15, 0.2) is 0 Å². The van der Waals surface area contributed by atoms with E-state index in [1.807, 2.05) is 0 Å². The maximum Gasteiger partial charge on any atom is -0.0382 e. The van der Waals surface area contributed by atoms with Crippen LogP contribution in [0.15, 0.2) is 0 Å². The van der Waals surface area contributed by atoms with E-state index in [1.54, 1.807) is 0 Å². The van der Waals surface area contributed by atoms with Crippen LogP contribution < -0.4 is 0 Å². The van der Waals surface area contributed by atoms with Crippen LogP contribution in [0, 0.1) is 0 Å². The van der Waals surface area contributed by atoms with Crippen LogP contribution in [0.2, 0.25) is 0 Å². The standard InChI is InChI=1S/C4H11P.H2O/c1-3-5-4-2;/h5H,3-4H2,1-2H3;1H2. The summed E-state index contributed by atoms with van der Waals surface area (Å²) in [7, 11) is 1.20. The topological polar surface area (TPSA) is 31.5 Å². The first-order valence-corrected chi connectivity index (χ1v) is 3.54. The van der Waals surface area contributed by atoms with Gasteiger partial charge >= 0.3 is 0 Å². The third kappa shape index (κ3) is 8.83. The van der Waals surface area contributed by atoms with Crippen LogP contribution in [0.1, 0.15) is 13.8 Å². The predicted molar refractivity (Wildman–Crippen MR) is 33.0 cm³/mol. The number of hydrogen-bond donors (Lipinski definition) is 0. The summed E-state index contributed by atoms with van der Waals surface area (Å²) >= 11 is 0. The van der Waals surface area contributed by atoms with Gasteiger partial charge in [0.2, 0.25) is 0 Å². The fraction of sp³-hybridized carbons (Fsp3) is 1.00. The molecule has 0 aromatic carbocycles. The Morgan fingerprint density at radius 1 is 1.17 bits per heavy atom. The van der Waals surface area contributed by atoms with Crippen LogP contribution in [-0.2, 0) is 0 Å². The smallest absolute Gasteiger partial charge is 0.0382 e. The van der Waals surface area contributed by atoms with Crippen molar-refractivity contribution in [2.45, 2.75) is 13.8 Å². The van der Waals surface area contributed by atoms with E-state index in [9.17, 15) is 0 Å². The summed E-state index contributed by atoms with van der Waals surface area (Å²) in [5.74, 6) is 0. The van der Waals surface area contributed by atoms with Crippen molar-refractivity contribution in [3.63, 3.8) is 0 Å². The summed E-state index contributed by atoms with van der Waals surface area (Å²) < 4.78 is 0. The molecule has 0 saturated heterocycles. The van der Waals surface area contributed by atoms with Gasteiger partial charge in [-0.25, -0.2) is 0 Å². The molecule has 0 saturated carbocycles. The monoisotopic (exact) mass is 108 g/mol. The van der Waals surface area contributed by atoms with Crippen molar-refractivity contribution in [3.05, 3.63) is 0 Å². The minimum atomic E-state index is 0. The summed E-state index contributed by atoms with van der Waals surface area (Å²) in [6.07, 6.45) is 2.74. The minimum Gasteiger partial charge on any atom is -0.412 e. The van der Waals surface area contributed by atoms with Gasteiger partial charge in [0.25, 0.3) is 0 Å². The summed E-state index contributed by atoms with van der Waals surface area (Å²) in [4.78, 5) is 0. The van der Waals surface area contributed by atoms with Crippen molar-refractivity contribution in [1.29, 1.82) is 0 Å². The predicted octanol–water partition coefficient (Wildman–Crippen LogP) is 0.880. The van der Waals surface area contributed by atoms with Gasteiger partial charge in [-0.3, -0.25) is 0 Å². The average molecular weight is 108 g/mol. The molecule has 0 spiro atoms. The molecule has 6 heavy (non-hydrogen) atoms. The highest BCUT2D eigenvalue weighted by molar-refractivity contribution is 7.37. The second-order valence-corrected chi connectivity index (χ2v) is 2.87. The van der Waals surface area contributed by atoms with Gasteiger partial charge < -0.3 is 5.48 Å². The molecule has 2 heteroatoms. The molecule has 0 fully saturated rings. The third-order valence-electron chi connectivity index (χ3n) is 0.500. The molecule has 0 aromatic rings. The van der Waals surface area contributed by atoms with Gasteiger partial charge in [0, 0.05) is 0 Å². The molecule has 0 aromatic heterocycles. The molecule has 0 aliphatic carbocycles. The molecule has 0 aliphatic rings. The van der Waals surface area contributed by atoms with Crippen molar-refractivity contribution in [2.24, 2.45) is 0 Å². The van der Waals surface area contributed by atoms with Crippen molar-refractivity contribution < 1.29 is 5.48 Å². The van der Waals surface area contributed by atoms with Crippen LogP contribution in [-0.4, -0.2) is 17.8 Å². The van der Waals surface area contributed by atoms with Crippen LogP contribution in [0.5, 0.6) is 0 Å². The molecule has 0 amide bonds. The van der Waals surface area contributed by atoms with Crippen molar-refractivity contribution >= 4 is 8.58 Å². The molecule has 0 rings (SSSR count). The zero-order valence-corrected chi connectivity index (χ0v) is 5.41. The van der Waals surface area contributed by atoms with E-state index in [2.05, 4.69) is 13.8 Å². The van der Waals surface area contributed by atoms with Gasteiger partial charge in [-0.15, -0.1) is 8.58 Å². The van der Waals surface area contributed by atoms with Gasteiger partial charge in [-0.1, -0.05) is 13.8 Å². The molecule has 0 heterocycles. The molecular weight excluding hydrogens is 95.0 g/mol. The normalized spacial score (nSPS) is 7.00. The second kappa shape index (κ2) is 9.04. The van der Waals surface area contributed by atoms with E-state index in [0.717, 1.165) is 0 Å². The minimum absolute atomic E-state index is 0. The summed E-state index contributed by atoms with van der Waals surface area (Å²) in [6, 6.07) is 0. The van der Waals surface area contributed by atoms with Crippen molar-refractivity contribution in [3.8, 4) is 0 Å². The zero-order valence-electron chi connectivity index (χ0n) is 4.41. The quantitative estimate of drug-likeness (QED) is 0.470. The third-order valence-corrected chi connectivity index (χ3v) is 1.50. The van der Waals surface area contributed by atoms with Crippen molar-refractivity contribution in [1.82, 2.24) is 0 Å². The van der Waals surface area contributed by atoms with Crippen molar-refractivity contribution in [2.75, 3.05) is 12.3 Å². The molecular formula is C4H13OP. The Bertz CT molecular complexity index is 15.0. The van der Waals surface area contributed by atoms with E-state index in [1.165, 1.54) is 20.9 Å². The Kier molecular flexibility index (Phi) is 14.5. The maximum absolute atomic E-state index is 2.22. The van der Waals surface area contributed by atoms with E-state index in [4.69, 9.17) is 0 Å². The Balaban J connectivity index is 0. The molecule has 40 valence electrons. The molecule has 1 nitrogen and oxygen atoms in total. The maximum atomic E-state index is 2.22. The first-order valence-electron chi connectivity index (χ1n) is 2.12. The molecule has 0 atom stereocenters. The molecule has 0 unspecified atom stereocenters.